The molecule has 1 aromatic rings. The SMILES string of the molecule is COc1ccc(C=CC(=O)OC2C(C)OC(OC(=O)C34CCC(C)(C)CC3C3=CCC5C6(C)CC(O)C(OC7OC(CO)C(O)C(O)C7O)C(C)(C(=O)O)C6CCC5(C)C3(CO)CC4)C(OC3OC(C)C(OC4OCC(OC5OC(CO)C(O)C(O)C5O)C(O)C4O)C(O)C3O)C2OC2OCC(O)C(O)C2O)cc1. The molecule has 35 heteroatoms. The van der Waals surface area contributed by atoms with E-state index in [1.165, 1.54) is 34.0 Å². The lowest BCUT2D eigenvalue weighted by molar-refractivity contribution is -0.390. The van der Waals surface area contributed by atoms with Crippen molar-refractivity contribution < 1.29 is 173 Å². The molecule has 616 valence electrons. The minimum atomic E-state index is -2.18. The van der Waals surface area contributed by atoms with Crippen LogP contribution >= 0.6 is 0 Å². The first-order chi connectivity index (χ1) is 51.4. The molecule has 11 aliphatic rings. The summed E-state index contributed by atoms with van der Waals surface area (Å²) in [4.78, 5) is 44.6. The first-order valence-electron chi connectivity index (χ1n) is 37.5. The van der Waals surface area contributed by atoms with Crippen LogP contribution in [0.4, 0.5) is 0 Å². The summed E-state index contributed by atoms with van der Waals surface area (Å²) in [7, 11) is 1.48. The summed E-state index contributed by atoms with van der Waals surface area (Å²) in [6, 6.07) is 6.63. The van der Waals surface area contributed by atoms with Gasteiger partial charge >= 0.3 is 17.9 Å². The molecule has 0 aromatic heterocycles. The number of aliphatic hydroxyl groups excluding tert-OH is 17. The number of carbonyl (C=O) groups excluding carboxylic acids is 2. The predicted molar refractivity (Wildman–Crippen MR) is 364 cm³/mol. The zero-order valence-corrected chi connectivity index (χ0v) is 62.0. The van der Waals surface area contributed by atoms with Gasteiger partial charge in [0.2, 0.25) is 6.29 Å². The number of rotatable bonds is 20. The maximum Gasteiger partial charge on any atom is 0.331 e. The Bertz CT molecular complexity index is 3380. The lowest BCUT2D eigenvalue weighted by atomic mass is 9.33. The summed E-state index contributed by atoms with van der Waals surface area (Å²) in [5, 5.41) is 200. The molecule has 10 fully saturated rings. The third-order valence-electron chi connectivity index (χ3n) is 26.6. The number of aliphatic hydroxyl groups is 17. The van der Waals surface area contributed by atoms with E-state index >= 15 is 4.79 Å². The molecule has 0 amide bonds. The van der Waals surface area contributed by atoms with Gasteiger partial charge in [0.05, 0.1) is 69.3 Å². The number of methoxy groups -OCH3 is 1. The van der Waals surface area contributed by atoms with Crippen LogP contribution in [0.15, 0.2) is 42.0 Å². The van der Waals surface area contributed by atoms with Crippen molar-refractivity contribution in [3.8, 4) is 5.75 Å². The average molecular weight is 1560 g/mol. The van der Waals surface area contributed by atoms with Gasteiger partial charge in [-0.25, -0.2) is 4.79 Å². The normalized spacial score (nSPS) is 49.9. The number of carboxylic acid groups (broad SMARTS) is 1. The quantitative estimate of drug-likeness (QED) is 0.0258. The second-order valence-corrected chi connectivity index (χ2v) is 33.3. The Hall–Kier alpha value is -4.21. The first kappa shape index (κ1) is 84.2. The topological polar surface area (TPSA) is 545 Å². The van der Waals surface area contributed by atoms with Crippen LogP contribution in [-0.2, 0) is 76.0 Å². The van der Waals surface area contributed by atoms with Crippen molar-refractivity contribution in [2.45, 2.75) is 290 Å². The summed E-state index contributed by atoms with van der Waals surface area (Å²) in [5.74, 6) is -4.45. The molecule has 4 saturated carbocycles. The number of hydrogen-bond donors (Lipinski definition) is 18. The molecule has 5 aliphatic carbocycles. The Morgan fingerprint density at radius 3 is 1.70 bits per heavy atom. The maximum atomic E-state index is 16.3. The molecule has 109 heavy (non-hydrogen) atoms. The zero-order chi connectivity index (χ0) is 79.3. The van der Waals surface area contributed by atoms with Gasteiger partial charge in [-0.05, 0) is 136 Å². The van der Waals surface area contributed by atoms with Crippen molar-refractivity contribution in [3.63, 3.8) is 0 Å². The van der Waals surface area contributed by atoms with Crippen LogP contribution in [0.5, 0.6) is 5.75 Å². The standard InChI is InChI=1S/C74H110O35/c1-30-56(105-62-52(89)47(84)40(28-98-62)103-64-53(90)48(85)45(82)38(25-75)101-64)50(87)55(92)63(99-30)107-59-58(106-61-51(88)44(81)37(79)27-97-61)57(104-43(80)16-11-32-9-12-33(96-8)13-10-32)31(2)100-66(59)109-68(95)73-20-19-69(3,4)23-35(73)34-14-15-41-70(5)24-36(78)60(108-65-54(91)49(86)46(83)39(26-76)102-65)72(7,67(93)94)42(70)17-18-71(41,6)74(34,29-77)22-21-73/h9-14,16,30-31,35-42,44-66,75-79,81-92H,15,17-29H2,1-8H3,(H,93,94). The summed E-state index contributed by atoms with van der Waals surface area (Å²) in [6.45, 7) is 9.25. The summed E-state index contributed by atoms with van der Waals surface area (Å²) < 4.78 is 84.9. The molecule has 6 heterocycles. The molecule has 1 aromatic carbocycles. The Morgan fingerprint density at radius 1 is 0.532 bits per heavy atom. The van der Waals surface area contributed by atoms with Crippen LogP contribution < -0.4 is 4.74 Å². The fourth-order valence-corrected chi connectivity index (χ4v) is 20.2. The summed E-state index contributed by atoms with van der Waals surface area (Å²) >= 11 is 0. The molecule has 6 saturated heterocycles. The van der Waals surface area contributed by atoms with Crippen molar-refractivity contribution in [2.24, 2.45) is 50.2 Å². The molecule has 38 atom stereocenters. The minimum Gasteiger partial charge on any atom is -0.497 e. The van der Waals surface area contributed by atoms with E-state index in [4.69, 9.17) is 66.3 Å². The Balaban J connectivity index is 0.851. The van der Waals surface area contributed by atoms with Crippen LogP contribution in [0.2, 0.25) is 0 Å². The van der Waals surface area contributed by atoms with E-state index in [1.54, 1.807) is 24.3 Å². The van der Waals surface area contributed by atoms with E-state index in [2.05, 4.69) is 20.8 Å². The molecule has 18 N–H and O–H groups in total. The van der Waals surface area contributed by atoms with Gasteiger partial charge in [0, 0.05) is 11.5 Å². The highest BCUT2D eigenvalue weighted by Gasteiger charge is 2.74. The van der Waals surface area contributed by atoms with E-state index in [0.717, 1.165) is 11.6 Å². The largest absolute Gasteiger partial charge is 0.497 e. The number of fused-ring (bicyclic) bond motifs is 7. The number of allylic oxidation sites excluding steroid dienone is 1. The van der Waals surface area contributed by atoms with Crippen molar-refractivity contribution in [2.75, 3.05) is 40.1 Å². The predicted octanol–water partition coefficient (Wildman–Crippen LogP) is -3.77. The van der Waals surface area contributed by atoms with Crippen LogP contribution in [0.25, 0.3) is 6.08 Å². The molecule has 0 bridgehead atoms. The Kier molecular flexibility index (Phi) is 25.1. The molecular formula is C74H110O35. The third-order valence-corrected chi connectivity index (χ3v) is 26.6. The highest BCUT2D eigenvalue weighted by atomic mass is 16.8. The molecule has 0 radical (unpaired) electrons. The zero-order valence-electron chi connectivity index (χ0n) is 62.0. The van der Waals surface area contributed by atoms with E-state index in [1.807, 2.05) is 13.0 Å². The van der Waals surface area contributed by atoms with Crippen LogP contribution in [0.1, 0.15) is 112 Å². The smallest absolute Gasteiger partial charge is 0.331 e. The highest BCUT2D eigenvalue weighted by Crippen LogP contribution is 2.76. The van der Waals surface area contributed by atoms with Gasteiger partial charge < -0.3 is 158 Å². The number of hydrogen-bond acceptors (Lipinski definition) is 34. The van der Waals surface area contributed by atoms with Crippen molar-refractivity contribution in [1.29, 1.82) is 0 Å². The van der Waals surface area contributed by atoms with Gasteiger partial charge in [-0.15, -0.1) is 0 Å². The lowest BCUT2D eigenvalue weighted by Gasteiger charge is -2.71. The van der Waals surface area contributed by atoms with Crippen molar-refractivity contribution in [3.05, 3.63) is 47.6 Å². The lowest BCUT2D eigenvalue weighted by Crippen LogP contribution is -2.71. The number of esters is 2. The van der Waals surface area contributed by atoms with E-state index in [9.17, 15) is 102 Å². The van der Waals surface area contributed by atoms with Gasteiger partial charge in [-0.1, -0.05) is 51.5 Å². The van der Waals surface area contributed by atoms with Crippen LogP contribution in [0.3, 0.4) is 0 Å². The fraction of sp³-hybridized carbons (Fsp3) is 0.824. The number of ether oxygens (including phenoxy) is 14. The second-order valence-electron chi connectivity index (χ2n) is 33.3. The third kappa shape index (κ3) is 15.0. The average Bonchev–Trinajstić information content (AvgIpc) is 0.669. The first-order valence-corrected chi connectivity index (χ1v) is 37.5. The minimum absolute atomic E-state index is 0.0271. The van der Waals surface area contributed by atoms with E-state index in [-0.39, 0.29) is 38.5 Å². The number of aliphatic carboxylic acids is 1. The van der Waals surface area contributed by atoms with Gasteiger partial charge in [0.15, 0.2) is 43.7 Å². The molecule has 38 unspecified atom stereocenters. The summed E-state index contributed by atoms with van der Waals surface area (Å²) in [5.41, 5.74) is -5.38. The van der Waals surface area contributed by atoms with Crippen LogP contribution in [0, 0.1) is 50.2 Å². The molecule has 12 rings (SSSR count). The van der Waals surface area contributed by atoms with Crippen LogP contribution in [-0.4, -0.2) is 334 Å². The summed E-state index contributed by atoms with van der Waals surface area (Å²) in [6.07, 6.45) is -46.2. The number of carboxylic acids is 1. The highest BCUT2D eigenvalue weighted by molar-refractivity contribution is 5.87. The van der Waals surface area contributed by atoms with Gasteiger partial charge in [0.1, 0.15) is 122 Å². The monoisotopic (exact) mass is 1560 g/mol. The molecular weight excluding hydrogens is 1450 g/mol. The number of carbonyl (C=O) groups is 3. The number of benzene rings is 1. The fourth-order valence-electron chi connectivity index (χ4n) is 20.2. The van der Waals surface area contributed by atoms with E-state index < -0.39 is 285 Å². The van der Waals surface area contributed by atoms with Gasteiger partial charge in [-0.2, -0.15) is 0 Å². The van der Waals surface area contributed by atoms with Crippen molar-refractivity contribution in [1.82, 2.24) is 0 Å². The maximum absolute atomic E-state index is 16.3. The van der Waals surface area contributed by atoms with Gasteiger partial charge in [-0.3, -0.25) is 9.59 Å². The second kappa shape index (κ2) is 32.5. The Labute approximate surface area is 628 Å². The van der Waals surface area contributed by atoms with E-state index in [0.29, 0.717) is 30.6 Å². The van der Waals surface area contributed by atoms with Crippen molar-refractivity contribution >= 4 is 24.0 Å². The Morgan fingerprint density at radius 2 is 1.08 bits per heavy atom. The molecule has 0 spiro atoms. The van der Waals surface area contributed by atoms with Gasteiger partial charge in [0.25, 0.3) is 0 Å². The molecule has 35 nitrogen and oxygen atoms in total. The molecule has 6 aliphatic heterocycles.